The Bertz CT molecular complexity index is 1050. The van der Waals surface area contributed by atoms with Crippen molar-refractivity contribution in [1.29, 1.82) is 0 Å². The zero-order valence-electron chi connectivity index (χ0n) is 17.5. The lowest BCUT2D eigenvalue weighted by molar-refractivity contribution is -0.116. The van der Waals surface area contributed by atoms with Gasteiger partial charge >= 0.3 is 0 Å². The topological polar surface area (TPSA) is 85.9 Å². The lowest BCUT2D eigenvalue weighted by atomic mass is 10.2. The first-order chi connectivity index (χ1) is 15.7. The number of hydrogen-bond acceptors (Lipinski definition) is 5. The third-order valence-corrected chi connectivity index (χ3v) is 4.83. The van der Waals surface area contributed by atoms with Crippen molar-refractivity contribution in [1.82, 2.24) is 5.32 Å². The average molecular weight is 432 g/mol. The van der Waals surface area contributed by atoms with Gasteiger partial charge in [-0.15, -0.1) is 0 Å². The smallest absolute Gasteiger partial charge is 0.251 e. The molecule has 1 unspecified atom stereocenters. The molecule has 1 atom stereocenters. The molecule has 1 heterocycles. The van der Waals surface area contributed by atoms with Gasteiger partial charge in [-0.3, -0.25) is 9.59 Å². The number of anilines is 1. The molecule has 0 bridgehead atoms. The fraction of sp³-hybridized carbons (Fsp3) is 0.200. The zero-order chi connectivity index (χ0) is 22.2. The Balaban J connectivity index is 1.20. The summed E-state index contributed by atoms with van der Waals surface area (Å²) in [6, 6.07) is 23.5. The van der Waals surface area contributed by atoms with Crippen molar-refractivity contribution in [2.75, 3.05) is 25.1 Å². The first kappa shape index (κ1) is 21.2. The highest BCUT2D eigenvalue weighted by Gasteiger charge is 2.21. The van der Waals surface area contributed by atoms with E-state index >= 15 is 0 Å². The maximum Gasteiger partial charge on any atom is 0.251 e. The summed E-state index contributed by atoms with van der Waals surface area (Å²) in [4.78, 5) is 24.5. The van der Waals surface area contributed by atoms with Crippen LogP contribution in [0.25, 0.3) is 0 Å². The number of para-hydroxylation sites is 3. The van der Waals surface area contributed by atoms with Crippen LogP contribution >= 0.6 is 0 Å². The van der Waals surface area contributed by atoms with Crippen molar-refractivity contribution >= 4 is 17.5 Å². The van der Waals surface area contributed by atoms with E-state index in [4.69, 9.17) is 14.2 Å². The molecular formula is C25H24N2O5. The van der Waals surface area contributed by atoms with Crippen LogP contribution in [0.5, 0.6) is 17.2 Å². The molecule has 4 rings (SSSR count). The Morgan fingerprint density at radius 1 is 0.906 bits per heavy atom. The van der Waals surface area contributed by atoms with Crippen molar-refractivity contribution in [3.63, 3.8) is 0 Å². The standard InChI is InChI=1S/C25H24N2O5/c28-24(14-15-30-20-6-2-1-3-7-20)27-19-12-10-18(11-13-19)25(29)26-16-21-17-31-22-8-4-5-9-23(22)32-21/h1-13,21H,14-17H2,(H,26,29)(H,27,28). The van der Waals surface area contributed by atoms with Gasteiger partial charge in [0.15, 0.2) is 11.5 Å². The number of carbonyl (C=O) groups is 2. The first-order valence-corrected chi connectivity index (χ1v) is 10.4. The molecule has 2 amide bonds. The van der Waals surface area contributed by atoms with Crippen LogP contribution in [0.15, 0.2) is 78.9 Å². The lowest BCUT2D eigenvalue weighted by Crippen LogP contribution is -2.40. The maximum atomic E-state index is 12.4. The van der Waals surface area contributed by atoms with Gasteiger partial charge in [0.05, 0.1) is 19.6 Å². The van der Waals surface area contributed by atoms with Crippen molar-refractivity contribution in [3.05, 3.63) is 84.4 Å². The van der Waals surface area contributed by atoms with E-state index in [1.165, 1.54) is 0 Å². The SMILES string of the molecule is O=C(CCOc1ccccc1)Nc1ccc(C(=O)NCC2COc3ccccc3O2)cc1. The summed E-state index contributed by atoms with van der Waals surface area (Å²) >= 11 is 0. The van der Waals surface area contributed by atoms with Crippen molar-refractivity contribution < 1.29 is 23.8 Å². The molecule has 0 spiro atoms. The minimum Gasteiger partial charge on any atom is -0.493 e. The van der Waals surface area contributed by atoms with Gasteiger partial charge in [0.1, 0.15) is 18.5 Å². The summed E-state index contributed by atoms with van der Waals surface area (Å²) in [5, 5.41) is 5.66. The van der Waals surface area contributed by atoms with Crippen molar-refractivity contribution in [2.24, 2.45) is 0 Å². The van der Waals surface area contributed by atoms with Crippen LogP contribution in [0.2, 0.25) is 0 Å². The van der Waals surface area contributed by atoms with E-state index in [1.54, 1.807) is 24.3 Å². The fourth-order valence-corrected chi connectivity index (χ4v) is 3.18. The summed E-state index contributed by atoms with van der Waals surface area (Å²) in [6.07, 6.45) is -0.0329. The highest BCUT2D eigenvalue weighted by atomic mass is 16.6. The summed E-state index contributed by atoms with van der Waals surface area (Å²) in [5.41, 5.74) is 1.11. The highest BCUT2D eigenvalue weighted by Crippen LogP contribution is 2.30. The summed E-state index contributed by atoms with van der Waals surface area (Å²) in [6.45, 7) is 0.983. The normalized spacial score (nSPS) is 14.3. The van der Waals surface area contributed by atoms with E-state index in [9.17, 15) is 9.59 Å². The van der Waals surface area contributed by atoms with E-state index in [1.807, 2.05) is 54.6 Å². The van der Waals surface area contributed by atoms with E-state index in [0.29, 0.717) is 35.9 Å². The van der Waals surface area contributed by atoms with Crippen molar-refractivity contribution in [2.45, 2.75) is 12.5 Å². The van der Waals surface area contributed by atoms with Crippen LogP contribution in [0.1, 0.15) is 16.8 Å². The number of rotatable bonds is 8. The molecule has 32 heavy (non-hydrogen) atoms. The quantitative estimate of drug-likeness (QED) is 0.567. The monoisotopic (exact) mass is 432 g/mol. The second kappa shape index (κ2) is 10.3. The minimum absolute atomic E-state index is 0.159. The van der Waals surface area contributed by atoms with Gasteiger partial charge in [0.25, 0.3) is 5.91 Å². The number of hydrogen-bond donors (Lipinski definition) is 2. The molecular weight excluding hydrogens is 408 g/mol. The molecule has 3 aromatic rings. The Labute approximate surface area is 186 Å². The summed E-state index contributed by atoms with van der Waals surface area (Å²) in [7, 11) is 0. The van der Waals surface area contributed by atoms with Crippen LogP contribution in [0.4, 0.5) is 5.69 Å². The first-order valence-electron chi connectivity index (χ1n) is 10.4. The number of amides is 2. The number of benzene rings is 3. The molecule has 3 aromatic carbocycles. The molecule has 0 radical (unpaired) electrons. The molecule has 7 heteroatoms. The Kier molecular flexibility index (Phi) is 6.87. The van der Waals surface area contributed by atoms with E-state index < -0.39 is 0 Å². The van der Waals surface area contributed by atoms with Crippen LogP contribution in [-0.4, -0.2) is 37.7 Å². The number of nitrogens with one attached hydrogen (secondary N) is 2. The number of ether oxygens (including phenoxy) is 3. The third kappa shape index (κ3) is 5.78. The maximum absolute atomic E-state index is 12.4. The van der Waals surface area contributed by atoms with Crippen LogP contribution in [0, 0.1) is 0 Å². The summed E-state index contributed by atoms with van der Waals surface area (Å²) in [5.74, 6) is 1.73. The van der Waals surface area contributed by atoms with E-state index in [0.717, 1.165) is 5.75 Å². The molecule has 0 aliphatic carbocycles. The highest BCUT2D eigenvalue weighted by molar-refractivity contribution is 5.95. The van der Waals surface area contributed by atoms with Crippen LogP contribution < -0.4 is 24.8 Å². The predicted molar refractivity (Wildman–Crippen MR) is 120 cm³/mol. The number of carbonyl (C=O) groups excluding carboxylic acids is 2. The molecule has 0 saturated carbocycles. The van der Waals surface area contributed by atoms with E-state index in [2.05, 4.69) is 10.6 Å². The minimum atomic E-state index is -0.259. The van der Waals surface area contributed by atoms with Gasteiger partial charge in [-0.1, -0.05) is 30.3 Å². The van der Waals surface area contributed by atoms with Crippen LogP contribution in [0.3, 0.4) is 0 Å². The Morgan fingerprint density at radius 3 is 2.41 bits per heavy atom. The van der Waals surface area contributed by atoms with E-state index in [-0.39, 0.29) is 30.9 Å². The summed E-state index contributed by atoms with van der Waals surface area (Å²) < 4.78 is 17.0. The fourth-order valence-electron chi connectivity index (χ4n) is 3.18. The second-order valence-corrected chi connectivity index (χ2v) is 7.24. The van der Waals surface area contributed by atoms with Gasteiger partial charge in [-0.05, 0) is 48.5 Å². The Morgan fingerprint density at radius 2 is 1.62 bits per heavy atom. The average Bonchev–Trinajstić information content (AvgIpc) is 2.83. The largest absolute Gasteiger partial charge is 0.493 e. The van der Waals surface area contributed by atoms with Crippen molar-refractivity contribution in [3.8, 4) is 17.2 Å². The number of fused-ring (bicyclic) bond motifs is 1. The van der Waals surface area contributed by atoms with Gasteiger partial charge in [0, 0.05) is 11.3 Å². The third-order valence-electron chi connectivity index (χ3n) is 4.83. The Hall–Kier alpha value is -4.00. The second-order valence-electron chi connectivity index (χ2n) is 7.24. The molecule has 0 saturated heterocycles. The molecule has 1 aliphatic rings. The van der Waals surface area contributed by atoms with Gasteiger partial charge in [-0.2, -0.15) is 0 Å². The van der Waals surface area contributed by atoms with Gasteiger partial charge < -0.3 is 24.8 Å². The van der Waals surface area contributed by atoms with Crippen LogP contribution in [-0.2, 0) is 4.79 Å². The molecule has 0 fully saturated rings. The predicted octanol–water partition coefficient (Wildman–Crippen LogP) is 3.66. The molecule has 2 N–H and O–H groups in total. The molecule has 0 aromatic heterocycles. The zero-order valence-corrected chi connectivity index (χ0v) is 17.5. The molecule has 7 nitrogen and oxygen atoms in total. The van der Waals surface area contributed by atoms with Gasteiger partial charge in [0.2, 0.25) is 5.91 Å². The lowest BCUT2D eigenvalue weighted by Gasteiger charge is -2.26. The molecule has 1 aliphatic heterocycles. The van der Waals surface area contributed by atoms with Gasteiger partial charge in [-0.25, -0.2) is 0 Å². The molecule has 164 valence electrons.